The maximum atomic E-state index is 10.5. The highest BCUT2D eigenvalue weighted by atomic mass is 16.1. The lowest BCUT2D eigenvalue weighted by Crippen LogP contribution is -1.91. The summed E-state index contributed by atoms with van der Waals surface area (Å²) in [6.45, 7) is 6.36. The highest BCUT2D eigenvalue weighted by Gasteiger charge is 1.97. The van der Waals surface area contributed by atoms with E-state index in [0.717, 1.165) is 31.1 Å². The topological polar surface area (TPSA) is 17.1 Å². The van der Waals surface area contributed by atoms with Gasteiger partial charge in [-0.3, -0.25) is 4.79 Å². The second kappa shape index (κ2) is 6.14. The van der Waals surface area contributed by atoms with E-state index in [0.29, 0.717) is 5.92 Å². The summed E-state index contributed by atoms with van der Waals surface area (Å²) in [4.78, 5) is 10.5. The Balaban J connectivity index is 3.98. The molecule has 0 aliphatic heterocycles. The summed E-state index contributed by atoms with van der Waals surface area (Å²) in [6, 6.07) is 0. The van der Waals surface area contributed by atoms with Gasteiger partial charge in [0.1, 0.15) is 6.29 Å². The molecule has 0 saturated carbocycles. The van der Waals surface area contributed by atoms with Crippen LogP contribution in [0, 0.1) is 5.92 Å². The van der Waals surface area contributed by atoms with Crippen molar-refractivity contribution in [2.24, 2.45) is 5.92 Å². The third kappa shape index (κ3) is 4.77. The van der Waals surface area contributed by atoms with Crippen LogP contribution in [0.15, 0.2) is 11.6 Å². The van der Waals surface area contributed by atoms with E-state index in [1.807, 2.05) is 0 Å². The molecule has 0 saturated heterocycles. The van der Waals surface area contributed by atoms with Gasteiger partial charge in [-0.25, -0.2) is 0 Å². The SMILES string of the molecule is CCCC(C=O)=CC(C)CC. The first-order valence-electron chi connectivity index (χ1n) is 4.40. The van der Waals surface area contributed by atoms with Crippen LogP contribution in [0.4, 0.5) is 0 Å². The number of hydrogen-bond acceptors (Lipinski definition) is 1. The van der Waals surface area contributed by atoms with Crippen molar-refractivity contribution < 1.29 is 4.79 Å². The molecule has 64 valence electrons. The summed E-state index contributed by atoms with van der Waals surface area (Å²) in [5.74, 6) is 0.543. The van der Waals surface area contributed by atoms with E-state index in [4.69, 9.17) is 0 Å². The Kier molecular flexibility index (Phi) is 5.81. The first kappa shape index (κ1) is 10.4. The number of carbonyl (C=O) groups excluding carboxylic acids is 1. The number of hydrogen-bond donors (Lipinski definition) is 0. The minimum absolute atomic E-state index is 0.543. The molecule has 0 spiro atoms. The Morgan fingerprint density at radius 3 is 2.45 bits per heavy atom. The molecule has 0 aliphatic carbocycles. The molecule has 1 unspecified atom stereocenters. The van der Waals surface area contributed by atoms with Gasteiger partial charge in [-0.05, 0) is 17.9 Å². The van der Waals surface area contributed by atoms with Crippen LogP contribution in [0.2, 0.25) is 0 Å². The average molecular weight is 154 g/mol. The molecule has 1 nitrogen and oxygen atoms in total. The van der Waals surface area contributed by atoms with Crippen LogP contribution in [0.1, 0.15) is 40.0 Å². The first-order chi connectivity index (χ1) is 5.24. The molecule has 0 bridgehead atoms. The lowest BCUT2D eigenvalue weighted by Gasteiger charge is -2.02. The van der Waals surface area contributed by atoms with Gasteiger partial charge < -0.3 is 0 Å². The zero-order valence-corrected chi connectivity index (χ0v) is 7.76. The minimum atomic E-state index is 0.543. The van der Waals surface area contributed by atoms with Crippen molar-refractivity contribution >= 4 is 6.29 Å². The van der Waals surface area contributed by atoms with E-state index in [-0.39, 0.29) is 0 Å². The smallest absolute Gasteiger partial charge is 0.145 e. The molecular formula is C10H18O. The standard InChI is InChI=1S/C10H18O/c1-4-6-10(8-11)7-9(3)5-2/h7-9H,4-6H2,1-3H3. The summed E-state index contributed by atoms with van der Waals surface area (Å²) >= 11 is 0. The number of allylic oxidation sites excluding steroid dienone is 2. The van der Waals surface area contributed by atoms with Crippen molar-refractivity contribution in [3.8, 4) is 0 Å². The van der Waals surface area contributed by atoms with Gasteiger partial charge in [0.2, 0.25) is 0 Å². The van der Waals surface area contributed by atoms with Crippen LogP contribution >= 0.6 is 0 Å². The highest BCUT2D eigenvalue weighted by molar-refractivity contribution is 5.72. The van der Waals surface area contributed by atoms with Crippen molar-refractivity contribution in [3.05, 3.63) is 11.6 Å². The number of carbonyl (C=O) groups is 1. The second-order valence-corrected chi connectivity index (χ2v) is 2.99. The Morgan fingerprint density at radius 1 is 1.45 bits per heavy atom. The third-order valence-corrected chi connectivity index (χ3v) is 1.83. The molecule has 0 N–H and O–H groups in total. The van der Waals surface area contributed by atoms with Gasteiger partial charge in [0, 0.05) is 0 Å². The van der Waals surface area contributed by atoms with E-state index >= 15 is 0 Å². The summed E-state index contributed by atoms with van der Waals surface area (Å²) in [6.07, 6.45) is 6.15. The fourth-order valence-electron chi connectivity index (χ4n) is 0.954. The van der Waals surface area contributed by atoms with Crippen molar-refractivity contribution in [1.29, 1.82) is 0 Å². The van der Waals surface area contributed by atoms with E-state index in [2.05, 4.69) is 26.8 Å². The van der Waals surface area contributed by atoms with E-state index in [1.54, 1.807) is 0 Å². The molecular weight excluding hydrogens is 136 g/mol. The monoisotopic (exact) mass is 154 g/mol. The van der Waals surface area contributed by atoms with Gasteiger partial charge in [0.25, 0.3) is 0 Å². The maximum Gasteiger partial charge on any atom is 0.145 e. The molecule has 0 rings (SSSR count). The van der Waals surface area contributed by atoms with Gasteiger partial charge in [-0.1, -0.05) is 39.7 Å². The molecule has 11 heavy (non-hydrogen) atoms. The molecule has 0 aromatic rings. The molecule has 1 atom stereocenters. The summed E-state index contributed by atoms with van der Waals surface area (Å²) in [7, 11) is 0. The van der Waals surface area contributed by atoms with Crippen LogP contribution in [0.25, 0.3) is 0 Å². The van der Waals surface area contributed by atoms with Crippen LogP contribution in [-0.2, 0) is 4.79 Å². The van der Waals surface area contributed by atoms with E-state index in [9.17, 15) is 4.79 Å². The van der Waals surface area contributed by atoms with Gasteiger partial charge >= 0.3 is 0 Å². The van der Waals surface area contributed by atoms with Crippen molar-refractivity contribution in [2.45, 2.75) is 40.0 Å². The molecule has 1 heteroatoms. The van der Waals surface area contributed by atoms with Crippen molar-refractivity contribution in [3.63, 3.8) is 0 Å². The lowest BCUT2D eigenvalue weighted by molar-refractivity contribution is -0.105. The van der Waals surface area contributed by atoms with E-state index < -0.39 is 0 Å². The summed E-state index contributed by atoms with van der Waals surface area (Å²) in [5, 5.41) is 0. The summed E-state index contributed by atoms with van der Waals surface area (Å²) in [5.41, 5.74) is 0.960. The average Bonchev–Trinajstić information content (AvgIpc) is 2.03. The number of aldehydes is 1. The van der Waals surface area contributed by atoms with Crippen LogP contribution in [0.3, 0.4) is 0 Å². The summed E-state index contributed by atoms with van der Waals surface area (Å²) < 4.78 is 0. The fraction of sp³-hybridized carbons (Fsp3) is 0.700. The van der Waals surface area contributed by atoms with Crippen LogP contribution in [0.5, 0.6) is 0 Å². The quantitative estimate of drug-likeness (QED) is 0.439. The van der Waals surface area contributed by atoms with Crippen LogP contribution < -0.4 is 0 Å². The Labute approximate surface area is 69.5 Å². The lowest BCUT2D eigenvalue weighted by atomic mass is 10.0. The molecule has 0 aromatic heterocycles. The Hall–Kier alpha value is -0.590. The van der Waals surface area contributed by atoms with Gasteiger partial charge in [0.05, 0.1) is 0 Å². The molecule has 0 fully saturated rings. The van der Waals surface area contributed by atoms with Crippen molar-refractivity contribution in [2.75, 3.05) is 0 Å². The molecule has 0 aliphatic rings. The van der Waals surface area contributed by atoms with Crippen molar-refractivity contribution in [1.82, 2.24) is 0 Å². The molecule has 0 amide bonds. The Bertz CT molecular complexity index is 136. The predicted molar refractivity (Wildman–Crippen MR) is 48.5 cm³/mol. The van der Waals surface area contributed by atoms with Gasteiger partial charge in [0.15, 0.2) is 0 Å². The second-order valence-electron chi connectivity index (χ2n) is 2.99. The first-order valence-corrected chi connectivity index (χ1v) is 4.40. The zero-order chi connectivity index (χ0) is 8.69. The largest absolute Gasteiger partial charge is 0.298 e. The maximum absolute atomic E-state index is 10.5. The number of rotatable bonds is 5. The molecule has 0 heterocycles. The van der Waals surface area contributed by atoms with Gasteiger partial charge in [-0.2, -0.15) is 0 Å². The fourth-order valence-corrected chi connectivity index (χ4v) is 0.954. The third-order valence-electron chi connectivity index (χ3n) is 1.83. The minimum Gasteiger partial charge on any atom is -0.298 e. The van der Waals surface area contributed by atoms with Crippen LogP contribution in [-0.4, -0.2) is 6.29 Å². The van der Waals surface area contributed by atoms with Gasteiger partial charge in [-0.15, -0.1) is 0 Å². The molecule has 0 aromatic carbocycles. The highest BCUT2D eigenvalue weighted by Crippen LogP contribution is 2.09. The molecule has 0 radical (unpaired) electrons. The predicted octanol–water partition coefficient (Wildman–Crippen LogP) is 2.96. The Morgan fingerprint density at radius 2 is 2.09 bits per heavy atom. The van der Waals surface area contributed by atoms with E-state index in [1.165, 1.54) is 0 Å². The normalized spacial score (nSPS) is 14.6. The zero-order valence-electron chi connectivity index (χ0n) is 7.76.